The number of carbonyl (C=O) groups excluding carboxylic acids is 2. The molecule has 2 rings (SSSR count). The molecule has 0 bridgehead atoms. The molecule has 0 aromatic carbocycles. The van der Waals surface area contributed by atoms with Gasteiger partial charge in [-0.15, -0.1) is 0 Å². The summed E-state index contributed by atoms with van der Waals surface area (Å²) in [5.74, 6) is 0.156. The van der Waals surface area contributed by atoms with Crippen LogP contribution in [0.25, 0.3) is 0 Å². The Morgan fingerprint density at radius 3 is 2.53 bits per heavy atom. The number of urea groups is 1. The summed E-state index contributed by atoms with van der Waals surface area (Å²) in [6.07, 6.45) is 1.26. The van der Waals surface area contributed by atoms with Gasteiger partial charge in [0.25, 0.3) is 0 Å². The summed E-state index contributed by atoms with van der Waals surface area (Å²) in [4.78, 5) is 24.8. The first-order valence-electron chi connectivity index (χ1n) is 6.33. The molecule has 19 heavy (non-hydrogen) atoms. The first-order chi connectivity index (χ1) is 8.97. The number of anilines is 1. The average Bonchev–Trinajstić information content (AvgIpc) is 2.68. The minimum Gasteiger partial charge on any atom is -0.369 e. The molecule has 3 N–H and O–H groups in total. The Bertz CT molecular complexity index is 469. The van der Waals surface area contributed by atoms with E-state index < -0.39 is 0 Å². The number of nitrogens with one attached hydrogen (secondary N) is 1. The number of nitrogens with two attached hydrogens (primary N) is 1. The summed E-state index contributed by atoms with van der Waals surface area (Å²) in [6, 6.07) is 1.63. The molecule has 104 valence electrons. The molecule has 1 aromatic heterocycles. The molecule has 7 nitrogen and oxygen atoms in total. The molecule has 0 saturated carbocycles. The normalized spacial score (nSPS) is 16.4. The highest BCUT2D eigenvalue weighted by atomic mass is 16.2. The SMILES string of the molecule is Cc1cc(NC(=O)N2CCC(C(N)=O)CC2)nn1C. The molecular weight excluding hydrogens is 246 g/mol. The number of aromatic nitrogens is 2. The van der Waals surface area contributed by atoms with Gasteiger partial charge in [-0.3, -0.25) is 14.8 Å². The smallest absolute Gasteiger partial charge is 0.323 e. The zero-order chi connectivity index (χ0) is 14.0. The van der Waals surface area contributed by atoms with E-state index in [9.17, 15) is 9.59 Å². The van der Waals surface area contributed by atoms with Gasteiger partial charge in [-0.05, 0) is 19.8 Å². The van der Waals surface area contributed by atoms with Gasteiger partial charge in [-0.1, -0.05) is 0 Å². The number of hydrogen-bond donors (Lipinski definition) is 2. The summed E-state index contributed by atoms with van der Waals surface area (Å²) in [5, 5.41) is 6.93. The Hall–Kier alpha value is -2.05. The van der Waals surface area contributed by atoms with Crippen LogP contribution in [0.3, 0.4) is 0 Å². The van der Waals surface area contributed by atoms with E-state index in [2.05, 4.69) is 10.4 Å². The molecule has 1 aliphatic heterocycles. The van der Waals surface area contributed by atoms with Crippen LogP contribution in [0.5, 0.6) is 0 Å². The van der Waals surface area contributed by atoms with Crippen LogP contribution in [0.4, 0.5) is 10.6 Å². The van der Waals surface area contributed by atoms with Gasteiger partial charge in [-0.2, -0.15) is 5.10 Å². The van der Waals surface area contributed by atoms with E-state index in [0.717, 1.165) is 5.69 Å². The van der Waals surface area contributed by atoms with E-state index in [0.29, 0.717) is 31.7 Å². The molecule has 3 amide bonds. The van der Waals surface area contributed by atoms with Crippen molar-refractivity contribution in [2.24, 2.45) is 18.7 Å². The molecule has 7 heteroatoms. The summed E-state index contributed by atoms with van der Waals surface area (Å²) < 4.78 is 1.70. The van der Waals surface area contributed by atoms with Gasteiger partial charge in [0.1, 0.15) is 0 Å². The van der Waals surface area contributed by atoms with E-state index in [-0.39, 0.29) is 17.9 Å². The van der Waals surface area contributed by atoms with E-state index in [1.54, 1.807) is 9.58 Å². The monoisotopic (exact) mass is 265 g/mol. The second-order valence-electron chi connectivity index (χ2n) is 4.89. The van der Waals surface area contributed by atoms with Crippen LogP contribution in [0.1, 0.15) is 18.5 Å². The molecule has 0 unspecified atom stereocenters. The lowest BCUT2D eigenvalue weighted by Crippen LogP contribution is -2.43. The lowest BCUT2D eigenvalue weighted by molar-refractivity contribution is -0.122. The van der Waals surface area contributed by atoms with Crippen molar-refractivity contribution in [3.63, 3.8) is 0 Å². The van der Waals surface area contributed by atoms with Crippen molar-refractivity contribution in [2.75, 3.05) is 18.4 Å². The maximum absolute atomic E-state index is 12.0. The van der Waals surface area contributed by atoms with Crippen molar-refractivity contribution in [3.8, 4) is 0 Å². The third-order valence-corrected chi connectivity index (χ3v) is 3.53. The van der Waals surface area contributed by atoms with Crippen molar-refractivity contribution in [1.82, 2.24) is 14.7 Å². The number of rotatable bonds is 2. The Morgan fingerprint density at radius 1 is 1.42 bits per heavy atom. The van der Waals surface area contributed by atoms with Crippen LogP contribution in [-0.2, 0) is 11.8 Å². The zero-order valence-electron chi connectivity index (χ0n) is 11.2. The predicted molar refractivity (Wildman–Crippen MR) is 70.5 cm³/mol. The van der Waals surface area contributed by atoms with E-state index in [1.165, 1.54) is 0 Å². The van der Waals surface area contributed by atoms with Gasteiger partial charge in [0, 0.05) is 37.8 Å². The van der Waals surface area contributed by atoms with Gasteiger partial charge < -0.3 is 10.6 Å². The maximum atomic E-state index is 12.0. The van der Waals surface area contributed by atoms with Gasteiger partial charge in [0.2, 0.25) is 5.91 Å². The minimum absolute atomic E-state index is 0.110. The van der Waals surface area contributed by atoms with E-state index in [4.69, 9.17) is 5.73 Å². The van der Waals surface area contributed by atoms with Crippen LogP contribution in [0, 0.1) is 12.8 Å². The van der Waals surface area contributed by atoms with Crippen LogP contribution >= 0.6 is 0 Å². The van der Waals surface area contributed by atoms with Gasteiger partial charge in [0.15, 0.2) is 5.82 Å². The number of likely N-dealkylation sites (tertiary alicyclic amines) is 1. The maximum Gasteiger partial charge on any atom is 0.323 e. The predicted octanol–water partition coefficient (Wildman–Crippen LogP) is 0.458. The molecule has 1 saturated heterocycles. The van der Waals surface area contributed by atoms with Gasteiger partial charge in [-0.25, -0.2) is 4.79 Å². The molecular formula is C12H19N5O2. The van der Waals surface area contributed by atoms with Gasteiger partial charge in [0.05, 0.1) is 0 Å². The number of carbonyl (C=O) groups is 2. The molecule has 1 aromatic rings. The third kappa shape index (κ3) is 3.04. The highest BCUT2D eigenvalue weighted by molar-refractivity contribution is 5.88. The van der Waals surface area contributed by atoms with Gasteiger partial charge >= 0.3 is 6.03 Å². The van der Waals surface area contributed by atoms with E-state index >= 15 is 0 Å². The van der Waals surface area contributed by atoms with E-state index in [1.807, 2.05) is 20.0 Å². The van der Waals surface area contributed by atoms with Crippen LogP contribution in [0.2, 0.25) is 0 Å². The number of piperidine rings is 1. The largest absolute Gasteiger partial charge is 0.369 e. The minimum atomic E-state index is -0.277. The third-order valence-electron chi connectivity index (χ3n) is 3.53. The quantitative estimate of drug-likeness (QED) is 0.813. The van der Waals surface area contributed by atoms with Crippen LogP contribution in [0.15, 0.2) is 6.07 Å². The van der Waals surface area contributed by atoms with Crippen molar-refractivity contribution >= 4 is 17.8 Å². The van der Waals surface area contributed by atoms with Crippen molar-refractivity contribution in [1.29, 1.82) is 0 Å². The lowest BCUT2D eigenvalue weighted by atomic mass is 9.96. The second kappa shape index (κ2) is 5.29. The Kier molecular flexibility index (Phi) is 3.73. The second-order valence-corrected chi connectivity index (χ2v) is 4.89. The Labute approximate surface area is 111 Å². The first kappa shape index (κ1) is 13.4. The van der Waals surface area contributed by atoms with Crippen molar-refractivity contribution in [2.45, 2.75) is 19.8 Å². The number of primary amides is 1. The fraction of sp³-hybridized carbons (Fsp3) is 0.583. The first-order valence-corrected chi connectivity index (χ1v) is 6.33. The molecule has 0 aliphatic carbocycles. The number of nitrogens with zero attached hydrogens (tertiary/aromatic N) is 3. The number of amides is 3. The molecule has 1 aliphatic rings. The number of hydrogen-bond acceptors (Lipinski definition) is 3. The lowest BCUT2D eigenvalue weighted by Gasteiger charge is -2.30. The Morgan fingerprint density at radius 2 is 2.05 bits per heavy atom. The molecule has 1 fully saturated rings. The zero-order valence-corrected chi connectivity index (χ0v) is 11.2. The van der Waals surface area contributed by atoms with Crippen LogP contribution < -0.4 is 11.1 Å². The summed E-state index contributed by atoms with van der Waals surface area (Å²) >= 11 is 0. The summed E-state index contributed by atoms with van der Waals surface area (Å²) in [7, 11) is 1.82. The molecule has 0 atom stereocenters. The summed E-state index contributed by atoms with van der Waals surface area (Å²) in [6.45, 7) is 3.01. The van der Waals surface area contributed by atoms with Crippen molar-refractivity contribution < 1.29 is 9.59 Å². The Balaban J connectivity index is 1.89. The molecule has 2 heterocycles. The highest BCUT2D eigenvalue weighted by Gasteiger charge is 2.26. The summed E-state index contributed by atoms with van der Waals surface area (Å²) in [5.41, 5.74) is 6.24. The standard InChI is InChI=1S/C12H19N5O2/c1-8-7-10(15-16(8)2)14-12(19)17-5-3-9(4-6-17)11(13)18/h7,9H,3-6H2,1-2H3,(H2,13,18)(H,14,15,19). The fourth-order valence-electron chi connectivity index (χ4n) is 2.18. The molecule has 0 spiro atoms. The highest BCUT2D eigenvalue weighted by Crippen LogP contribution is 2.17. The van der Waals surface area contributed by atoms with Crippen LogP contribution in [-0.4, -0.2) is 39.7 Å². The number of aryl methyl sites for hydroxylation is 2. The van der Waals surface area contributed by atoms with Crippen molar-refractivity contribution in [3.05, 3.63) is 11.8 Å². The molecule has 0 radical (unpaired) electrons. The fourth-order valence-corrected chi connectivity index (χ4v) is 2.18. The topological polar surface area (TPSA) is 93.2 Å². The average molecular weight is 265 g/mol.